The van der Waals surface area contributed by atoms with Gasteiger partial charge in [-0.1, -0.05) is 13.8 Å². The van der Waals surface area contributed by atoms with Crippen molar-refractivity contribution in [2.75, 3.05) is 29.9 Å². The van der Waals surface area contributed by atoms with Crippen molar-refractivity contribution in [2.45, 2.75) is 32.9 Å². The number of anilines is 2. The van der Waals surface area contributed by atoms with Crippen LogP contribution in [0.4, 0.5) is 24.8 Å². The first-order valence-electron chi connectivity index (χ1n) is 6.45. The third-order valence-corrected chi connectivity index (χ3v) is 3.21. The highest BCUT2D eigenvalue weighted by Gasteiger charge is 2.32. The van der Waals surface area contributed by atoms with Crippen molar-refractivity contribution < 1.29 is 13.2 Å². The zero-order valence-corrected chi connectivity index (χ0v) is 13.1. The molecule has 0 spiro atoms. The average Bonchev–Trinajstić information content (AvgIpc) is 2.35. The van der Waals surface area contributed by atoms with E-state index in [1.165, 1.54) is 11.2 Å². The monoisotopic (exact) mass is 354 g/mol. The summed E-state index contributed by atoms with van der Waals surface area (Å²) in [5.74, 6) is 0.776. The van der Waals surface area contributed by atoms with Crippen LogP contribution in [0.2, 0.25) is 0 Å². The molecule has 1 aromatic rings. The molecule has 0 unspecified atom stereocenters. The fourth-order valence-corrected chi connectivity index (χ4v) is 2.29. The number of aromatic nitrogens is 2. The third-order valence-electron chi connectivity index (χ3n) is 2.48. The minimum atomic E-state index is -4.27. The largest absolute Gasteiger partial charge is 0.405 e. The molecule has 0 bridgehead atoms. The van der Waals surface area contributed by atoms with Crippen LogP contribution >= 0.6 is 15.9 Å². The standard InChI is InChI=1S/C12H18BrF3N4/c1-3-5-17-10-9(13)11(19-8-18-10)20(6-4-2)7-12(14,15)16/h8H,3-7H2,1-2H3,(H,17,18,19). The van der Waals surface area contributed by atoms with Gasteiger partial charge in [-0.3, -0.25) is 0 Å². The Labute approximate surface area is 124 Å². The van der Waals surface area contributed by atoms with Crippen molar-refractivity contribution in [3.05, 3.63) is 10.8 Å². The molecule has 1 rings (SSSR count). The van der Waals surface area contributed by atoms with Crippen LogP contribution in [0.1, 0.15) is 26.7 Å². The van der Waals surface area contributed by atoms with Gasteiger partial charge in [-0.25, -0.2) is 9.97 Å². The second kappa shape index (κ2) is 7.66. The predicted molar refractivity (Wildman–Crippen MR) is 77.1 cm³/mol. The molecule has 20 heavy (non-hydrogen) atoms. The lowest BCUT2D eigenvalue weighted by atomic mass is 10.3. The van der Waals surface area contributed by atoms with E-state index in [1.54, 1.807) is 0 Å². The summed E-state index contributed by atoms with van der Waals surface area (Å²) in [6.45, 7) is 3.78. The van der Waals surface area contributed by atoms with Crippen LogP contribution in [0.5, 0.6) is 0 Å². The van der Waals surface area contributed by atoms with E-state index in [4.69, 9.17) is 0 Å². The van der Waals surface area contributed by atoms with Crippen LogP contribution in [0.3, 0.4) is 0 Å². The summed E-state index contributed by atoms with van der Waals surface area (Å²) in [6, 6.07) is 0. The summed E-state index contributed by atoms with van der Waals surface area (Å²) in [7, 11) is 0. The Morgan fingerprint density at radius 2 is 1.95 bits per heavy atom. The topological polar surface area (TPSA) is 41.1 Å². The molecule has 1 N–H and O–H groups in total. The molecule has 0 aliphatic heterocycles. The maximum atomic E-state index is 12.6. The van der Waals surface area contributed by atoms with Crippen molar-refractivity contribution in [1.82, 2.24) is 9.97 Å². The molecule has 1 aromatic heterocycles. The Morgan fingerprint density at radius 1 is 1.25 bits per heavy atom. The molecule has 0 amide bonds. The molecule has 0 saturated carbocycles. The SMILES string of the molecule is CCCNc1ncnc(N(CCC)CC(F)(F)F)c1Br. The van der Waals surface area contributed by atoms with Gasteiger partial charge in [0, 0.05) is 13.1 Å². The van der Waals surface area contributed by atoms with Gasteiger partial charge in [0.2, 0.25) is 0 Å². The average molecular weight is 355 g/mol. The second-order valence-electron chi connectivity index (χ2n) is 4.32. The van der Waals surface area contributed by atoms with E-state index in [1.807, 2.05) is 13.8 Å². The summed E-state index contributed by atoms with van der Waals surface area (Å²) >= 11 is 3.29. The van der Waals surface area contributed by atoms with Gasteiger partial charge in [0.1, 0.15) is 29.0 Å². The molecule has 1 heterocycles. The van der Waals surface area contributed by atoms with E-state index < -0.39 is 12.7 Å². The quantitative estimate of drug-likeness (QED) is 0.807. The number of rotatable bonds is 7. The van der Waals surface area contributed by atoms with Crippen LogP contribution in [0.15, 0.2) is 10.8 Å². The fraction of sp³-hybridized carbons (Fsp3) is 0.667. The van der Waals surface area contributed by atoms with Gasteiger partial charge in [-0.15, -0.1) is 0 Å². The number of nitrogens with one attached hydrogen (secondary N) is 1. The summed E-state index contributed by atoms with van der Waals surface area (Å²) in [6.07, 6.45) is -1.50. The smallest absolute Gasteiger partial charge is 0.369 e. The van der Waals surface area contributed by atoms with Crippen molar-refractivity contribution in [2.24, 2.45) is 0 Å². The van der Waals surface area contributed by atoms with Gasteiger partial charge in [-0.05, 0) is 28.8 Å². The number of hydrogen-bond acceptors (Lipinski definition) is 4. The highest BCUT2D eigenvalue weighted by atomic mass is 79.9. The molecule has 4 nitrogen and oxygen atoms in total. The van der Waals surface area contributed by atoms with Gasteiger partial charge in [0.25, 0.3) is 0 Å². The first kappa shape index (κ1) is 17.0. The molecule has 114 valence electrons. The molecule has 0 aliphatic rings. The minimum Gasteiger partial charge on any atom is -0.369 e. The second-order valence-corrected chi connectivity index (χ2v) is 5.12. The Morgan fingerprint density at radius 3 is 2.50 bits per heavy atom. The van der Waals surface area contributed by atoms with Crippen molar-refractivity contribution in [3.63, 3.8) is 0 Å². The van der Waals surface area contributed by atoms with E-state index in [-0.39, 0.29) is 12.4 Å². The van der Waals surface area contributed by atoms with E-state index in [0.717, 1.165) is 6.42 Å². The predicted octanol–water partition coefficient (Wildman–Crippen LogP) is 3.84. The maximum Gasteiger partial charge on any atom is 0.405 e. The number of hydrogen-bond donors (Lipinski definition) is 1. The van der Waals surface area contributed by atoms with Crippen LogP contribution in [-0.2, 0) is 0 Å². The fourth-order valence-electron chi connectivity index (χ4n) is 1.69. The zero-order chi connectivity index (χ0) is 15.2. The number of alkyl halides is 3. The van der Waals surface area contributed by atoms with Crippen LogP contribution in [-0.4, -0.2) is 35.8 Å². The van der Waals surface area contributed by atoms with Crippen molar-refractivity contribution in [1.29, 1.82) is 0 Å². The van der Waals surface area contributed by atoms with Gasteiger partial charge < -0.3 is 10.2 Å². The first-order chi connectivity index (χ1) is 9.39. The Kier molecular flexibility index (Phi) is 6.51. The minimum absolute atomic E-state index is 0.262. The molecule has 0 atom stereocenters. The van der Waals surface area contributed by atoms with Crippen molar-refractivity contribution in [3.8, 4) is 0 Å². The van der Waals surface area contributed by atoms with Gasteiger partial charge in [0.05, 0.1) is 0 Å². The normalized spacial score (nSPS) is 11.5. The van der Waals surface area contributed by atoms with Crippen LogP contribution in [0.25, 0.3) is 0 Å². The Bertz CT molecular complexity index is 426. The van der Waals surface area contributed by atoms with Gasteiger partial charge in [-0.2, -0.15) is 13.2 Å². The lowest BCUT2D eigenvalue weighted by molar-refractivity contribution is -0.119. The maximum absolute atomic E-state index is 12.6. The Balaban J connectivity index is 3.00. The van der Waals surface area contributed by atoms with Crippen molar-refractivity contribution >= 4 is 27.6 Å². The molecule has 0 aromatic carbocycles. The number of nitrogens with zero attached hydrogens (tertiary/aromatic N) is 3. The molecular formula is C12H18BrF3N4. The summed E-state index contributed by atoms with van der Waals surface area (Å²) in [5.41, 5.74) is 0. The highest BCUT2D eigenvalue weighted by molar-refractivity contribution is 9.10. The van der Waals surface area contributed by atoms with Crippen LogP contribution in [0, 0.1) is 0 Å². The van der Waals surface area contributed by atoms with E-state index >= 15 is 0 Å². The lowest BCUT2D eigenvalue weighted by Gasteiger charge is -2.25. The molecule has 0 saturated heterocycles. The van der Waals surface area contributed by atoms with Gasteiger partial charge in [0.15, 0.2) is 0 Å². The molecular weight excluding hydrogens is 337 g/mol. The Hall–Kier alpha value is -1.05. The molecule has 0 radical (unpaired) electrons. The summed E-state index contributed by atoms with van der Waals surface area (Å²) < 4.78 is 38.4. The van der Waals surface area contributed by atoms with Crippen LogP contribution < -0.4 is 10.2 Å². The lowest BCUT2D eigenvalue weighted by Crippen LogP contribution is -2.35. The third kappa shape index (κ3) is 5.15. The molecule has 8 heteroatoms. The van der Waals surface area contributed by atoms with Gasteiger partial charge >= 0.3 is 6.18 Å². The molecule has 0 fully saturated rings. The van der Waals surface area contributed by atoms with E-state index in [9.17, 15) is 13.2 Å². The molecule has 0 aliphatic carbocycles. The summed E-state index contributed by atoms with van der Waals surface area (Å²) in [5, 5.41) is 3.06. The van der Waals surface area contributed by atoms with E-state index in [0.29, 0.717) is 23.3 Å². The number of halogens is 4. The first-order valence-corrected chi connectivity index (χ1v) is 7.24. The summed E-state index contributed by atoms with van der Waals surface area (Å²) in [4.78, 5) is 9.23. The highest BCUT2D eigenvalue weighted by Crippen LogP contribution is 2.31. The van der Waals surface area contributed by atoms with E-state index in [2.05, 4.69) is 31.2 Å². The zero-order valence-electron chi connectivity index (χ0n) is 11.5.